The molecule has 0 aliphatic rings. The van der Waals surface area contributed by atoms with E-state index >= 15 is 0 Å². The van der Waals surface area contributed by atoms with Gasteiger partial charge in [-0.2, -0.15) is 10.2 Å². The van der Waals surface area contributed by atoms with Crippen molar-refractivity contribution in [2.45, 2.75) is 65.3 Å². The molecule has 0 saturated heterocycles. The van der Waals surface area contributed by atoms with Crippen LogP contribution in [0.15, 0.2) is 40.2 Å². The number of carboxylic acid groups (broad SMARTS) is 1. The first-order valence-electron chi connectivity index (χ1n) is 12.5. The maximum Gasteiger partial charge on any atom is 0.333 e. The third kappa shape index (κ3) is 5.20. The predicted octanol–water partition coefficient (Wildman–Crippen LogP) is 3.21. The number of carboxylic acids is 1. The lowest BCUT2D eigenvalue weighted by Gasteiger charge is -2.31. The van der Waals surface area contributed by atoms with Crippen LogP contribution in [-0.2, 0) is 26.4 Å². The topological polar surface area (TPSA) is 148 Å². The second-order valence-electron chi connectivity index (χ2n) is 10.5. The van der Waals surface area contributed by atoms with Gasteiger partial charge < -0.3 is 14.6 Å². The summed E-state index contributed by atoms with van der Waals surface area (Å²) >= 11 is 1.05. The summed E-state index contributed by atoms with van der Waals surface area (Å²) in [6.07, 6.45) is 1.76. The summed E-state index contributed by atoms with van der Waals surface area (Å²) in [6, 6.07) is 3.77. The van der Waals surface area contributed by atoms with Gasteiger partial charge in [0.25, 0.3) is 5.56 Å². The second kappa shape index (κ2) is 10.7. The van der Waals surface area contributed by atoms with Gasteiger partial charge in [0.05, 0.1) is 31.4 Å². The number of ketones is 1. The lowest BCUT2D eigenvalue weighted by Crippen LogP contribution is -2.53. The van der Waals surface area contributed by atoms with Crippen LogP contribution in [0.5, 0.6) is 5.75 Å². The van der Waals surface area contributed by atoms with Gasteiger partial charge in [0, 0.05) is 11.1 Å². The van der Waals surface area contributed by atoms with E-state index in [0.29, 0.717) is 15.1 Å². The molecule has 1 atom stereocenters. The first kappa shape index (κ1) is 29.8. The molecular weight excluding hydrogens is 557 g/mol. The number of aryl methyl sites for hydroxylation is 1. The highest BCUT2D eigenvalue weighted by molar-refractivity contribution is 7.21. The molecule has 3 heterocycles. The van der Waals surface area contributed by atoms with Gasteiger partial charge >= 0.3 is 11.7 Å². The van der Waals surface area contributed by atoms with Crippen molar-refractivity contribution in [1.29, 1.82) is 0 Å². The number of carbonyl (C=O) groups excluding carboxylic acids is 1. The molecule has 3 aromatic heterocycles. The van der Waals surface area contributed by atoms with E-state index < -0.39 is 40.3 Å². The number of rotatable bonds is 10. The van der Waals surface area contributed by atoms with E-state index in [9.17, 15) is 28.7 Å². The van der Waals surface area contributed by atoms with Crippen molar-refractivity contribution in [3.63, 3.8) is 0 Å². The third-order valence-electron chi connectivity index (χ3n) is 7.04. The Balaban J connectivity index is 2.09. The zero-order valence-electron chi connectivity index (χ0n) is 23.6. The molecule has 0 aliphatic heterocycles. The van der Waals surface area contributed by atoms with Crippen molar-refractivity contribution in [1.82, 2.24) is 24.1 Å². The van der Waals surface area contributed by atoms with E-state index in [1.54, 1.807) is 6.92 Å². The second-order valence-corrected chi connectivity index (χ2v) is 11.5. The Morgan fingerprint density at radius 2 is 1.78 bits per heavy atom. The van der Waals surface area contributed by atoms with E-state index in [-0.39, 0.29) is 33.9 Å². The number of aliphatic carboxylic acids is 1. The average molecular weight is 588 g/mol. The minimum Gasteiger partial charge on any atom is -0.496 e. The number of nitrogens with zero attached hydrogens (tertiary/aromatic N) is 5. The molecule has 41 heavy (non-hydrogen) atoms. The minimum atomic E-state index is -1.94. The molecule has 0 spiro atoms. The lowest BCUT2D eigenvalue weighted by molar-refractivity contribution is -0.147. The van der Waals surface area contributed by atoms with Gasteiger partial charge in [-0.1, -0.05) is 11.3 Å². The van der Waals surface area contributed by atoms with Gasteiger partial charge in [-0.15, -0.1) is 4.80 Å². The first-order chi connectivity index (χ1) is 19.1. The van der Waals surface area contributed by atoms with Crippen LogP contribution in [0.2, 0.25) is 0 Å². The van der Waals surface area contributed by atoms with Crippen molar-refractivity contribution in [3.8, 4) is 10.8 Å². The number of ether oxygens (including phenoxy) is 2. The molecule has 4 rings (SSSR count). The molecule has 0 radical (unpaired) electrons. The Morgan fingerprint density at radius 1 is 1.15 bits per heavy atom. The fourth-order valence-corrected chi connectivity index (χ4v) is 5.58. The molecular formula is C27H30FN5O7S. The van der Waals surface area contributed by atoms with Crippen LogP contribution in [0.1, 0.15) is 51.8 Å². The van der Waals surface area contributed by atoms with Crippen LogP contribution < -0.4 is 16.0 Å². The van der Waals surface area contributed by atoms with Crippen LogP contribution in [0, 0.1) is 12.7 Å². The maximum atomic E-state index is 14.5. The van der Waals surface area contributed by atoms with Gasteiger partial charge in [-0.05, 0) is 59.7 Å². The van der Waals surface area contributed by atoms with Crippen molar-refractivity contribution < 1.29 is 28.6 Å². The predicted molar refractivity (Wildman–Crippen MR) is 148 cm³/mol. The molecule has 12 nitrogen and oxygen atoms in total. The minimum absolute atomic E-state index is 0.0898. The number of hydrogen-bond acceptors (Lipinski definition) is 9. The summed E-state index contributed by atoms with van der Waals surface area (Å²) in [5.74, 6) is -2.10. The fourth-order valence-electron chi connectivity index (χ4n) is 4.36. The summed E-state index contributed by atoms with van der Waals surface area (Å²) in [7, 11) is 1.38. The number of hydrogen-bond donors (Lipinski definition) is 1. The molecule has 14 heteroatoms. The molecule has 0 fully saturated rings. The quantitative estimate of drug-likeness (QED) is 0.295. The zero-order chi connectivity index (χ0) is 30.4. The smallest absolute Gasteiger partial charge is 0.333 e. The SMILES string of the molecule is COc1ccc(F)cc1[C@H](Cn1c(=O)n(C(C)(C)C(=O)O)c(=O)c2c(C)c(-n3nccn3)sc21)OC(C)(C)C(C)=O. The Morgan fingerprint density at radius 3 is 2.34 bits per heavy atom. The number of fused-ring (bicyclic) bond motifs is 1. The van der Waals surface area contributed by atoms with Gasteiger partial charge in [0.1, 0.15) is 38.6 Å². The normalized spacial score (nSPS) is 13.0. The number of Topliss-reactive ketones (excluding diaryl/α,β-unsaturated/α-hetero) is 1. The fraction of sp³-hybridized carbons (Fsp3) is 0.407. The molecule has 1 N–H and O–H groups in total. The average Bonchev–Trinajstić information content (AvgIpc) is 3.53. The summed E-state index contributed by atoms with van der Waals surface area (Å²) in [4.78, 5) is 54.0. The van der Waals surface area contributed by atoms with E-state index in [1.165, 1.54) is 81.7 Å². The van der Waals surface area contributed by atoms with Crippen molar-refractivity contribution >= 4 is 33.3 Å². The number of thiophene rings is 1. The highest BCUT2D eigenvalue weighted by Gasteiger charge is 2.37. The van der Waals surface area contributed by atoms with Crippen LogP contribution in [0.3, 0.4) is 0 Å². The number of carbonyl (C=O) groups is 2. The first-order valence-corrected chi connectivity index (χ1v) is 13.3. The highest BCUT2D eigenvalue weighted by atomic mass is 32.1. The lowest BCUT2D eigenvalue weighted by atomic mass is 10.0. The number of methoxy groups -OCH3 is 1. The van der Waals surface area contributed by atoms with Crippen molar-refractivity contribution in [2.75, 3.05) is 7.11 Å². The number of aromatic nitrogens is 5. The van der Waals surface area contributed by atoms with Crippen LogP contribution in [0.4, 0.5) is 4.39 Å². The van der Waals surface area contributed by atoms with Crippen LogP contribution >= 0.6 is 11.3 Å². The Kier molecular flexibility index (Phi) is 7.76. The summed E-state index contributed by atoms with van der Waals surface area (Å²) in [5, 5.41) is 18.8. The Labute approximate surface area is 237 Å². The summed E-state index contributed by atoms with van der Waals surface area (Å²) < 4.78 is 28.1. The van der Waals surface area contributed by atoms with Crippen molar-refractivity contribution in [3.05, 3.63) is 68.4 Å². The molecule has 0 bridgehead atoms. The van der Waals surface area contributed by atoms with Crippen LogP contribution in [0.25, 0.3) is 15.2 Å². The van der Waals surface area contributed by atoms with Gasteiger partial charge in [0.15, 0.2) is 5.78 Å². The molecule has 0 unspecified atom stereocenters. The molecule has 4 aromatic rings. The van der Waals surface area contributed by atoms with E-state index in [0.717, 1.165) is 11.3 Å². The largest absolute Gasteiger partial charge is 0.496 e. The highest BCUT2D eigenvalue weighted by Crippen LogP contribution is 2.36. The molecule has 0 saturated carbocycles. The van der Waals surface area contributed by atoms with Gasteiger partial charge in [-0.25, -0.2) is 18.5 Å². The van der Waals surface area contributed by atoms with E-state index in [4.69, 9.17) is 9.47 Å². The summed E-state index contributed by atoms with van der Waals surface area (Å²) in [6.45, 7) is 8.23. The maximum absolute atomic E-state index is 14.5. The Hall–Kier alpha value is -4.17. The standard InChI is InChI=1S/C27H30FN5O7S/c1-14-20-21(35)32(26(3,4)24(36)37)25(38)31(23(20)41-22(14)33-29-10-11-30-33)13-19(40-27(5,6)15(2)34)17-12-16(28)8-9-18(17)39-7/h8-12,19H,13H2,1-7H3,(H,36,37)/t19-/m0/s1. The zero-order valence-corrected chi connectivity index (χ0v) is 24.4. The molecule has 0 aliphatic carbocycles. The van der Waals surface area contributed by atoms with Gasteiger partial charge in [0.2, 0.25) is 0 Å². The molecule has 1 aromatic carbocycles. The number of benzene rings is 1. The Bertz CT molecular complexity index is 1770. The van der Waals surface area contributed by atoms with Crippen LogP contribution in [-0.4, -0.2) is 53.7 Å². The van der Waals surface area contributed by atoms with E-state index in [2.05, 4.69) is 10.2 Å². The van der Waals surface area contributed by atoms with E-state index in [1.807, 2.05) is 0 Å². The van der Waals surface area contributed by atoms with Gasteiger partial charge in [-0.3, -0.25) is 14.2 Å². The summed E-state index contributed by atoms with van der Waals surface area (Å²) in [5.41, 5.74) is -4.39. The van der Waals surface area contributed by atoms with Crippen molar-refractivity contribution in [2.24, 2.45) is 0 Å². The third-order valence-corrected chi connectivity index (χ3v) is 8.32. The molecule has 218 valence electrons. The number of halogens is 1. The molecule has 0 amide bonds. The monoisotopic (exact) mass is 587 g/mol.